The summed E-state index contributed by atoms with van der Waals surface area (Å²) in [6.45, 7) is 0. The molecule has 2 aliphatic heterocycles. The molecule has 2 atom stereocenters. The summed E-state index contributed by atoms with van der Waals surface area (Å²) < 4.78 is 19.2. The van der Waals surface area contributed by atoms with Crippen LogP contribution in [0, 0.1) is 0 Å². The minimum absolute atomic E-state index is 0.0761. The Morgan fingerprint density at radius 3 is 2.79 bits per heavy atom. The van der Waals surface area contributed by atoms with E-state index in [4.69, 9.17) is 19.0 Å². The van der Waals surface area contributed by atoms with Gasteiger partial charge in [-0.05, 0) is 64.5 Å². The predicted molar refractivity (Wildman–Crippen MR) is 113 cm³/mol. The molecule has 5 rings (SSSR count). The number of fused-ring (bicyclic) bond motifs is 3. The van der Waals surface area contributed by atoms with Crippen LogP contribution in [0.25, 0.3) is 0 Å². The second-order valence-electron chi connectivity index (χ2n) is 6.67. The van der Waals surface area contributed by atoms with Crippen LogP contribution in [0.2, 0.25) is 0 Å². The second kappa shape index (κ2) is 6.97. The van der Waals surface area contributed by atoms with Crippen molar-refractivity contribution in [3.8, 4) is 11.5 Å². The highest BCUT2D eigenvalue weighted by atomic mass is 79.9. The molecule has 142 valence electrons. The number of methoxy groups -OCH3 is 1. The largest absolute Gasteiger partial charge is 0.496 e. The second-order valence-corrected chi connectivity index (χ2v) is 8.44. The molecular weight excluding hydrogens is 488 g/mol. The lowest BCUT2D eigenvalue weighted by Crippen LogP contribution is -2.33. The van der Waals surface area contributed by atoms with Gasteiger partial charge < -0.3 is 13.9 Å². The number of benzene rings is 2. The van der Waals surface area contributed by atoms with Crippen molar-refractivity contribution in [3.63, 3.8) is 0 Å². The smallest absolute Gasteiger partial charge is 0.213 e. The molecule has 7 heteroatoms. The van der Waals surface area contributed by atoms with Gasteiger partial charge in [0.25, 0.3) is 0 Å². The first-order valence-electron chi connectivity index (χ1n) is 8.83. The summed E-state index contributed by atoms with van der Waals surface area (Å²) in [5.74, 6) is 2.44. The molecule has 1 aromatic heterocycles. The van der Waals surface area contributed by atoms with Crippen molar-refractivity contribution in [1.29, 1.82) is 0 Å². The van der Waals surface area contributed by atoms with Crippen LogP contribution in [0.4, 0.5) is 0 Å². The van der Waals surface area contributed by atoms with E-state index in [1.54, 1.807) is 13.4 Å². The zero-order valence-electron chi connectivity index (χ0n) is 14.9. The fourth-order valence-corrected chi connectivity index (χ4v) is 4.64. The number of ether oxygens (including phenoxy) is 2. The minimum Gasteiger partial charge on any atom is -0.496 e. The van der Waals surface area contributed by atoms with Crippen LogP contribution in [-0.4, -0.2) is 17.8 Å². The van der Waals surface area contributed by atoms with Gasteiger partial charge in [-0.3, -0.25) is 0 Å². The highest BCUT2D eigenvalue weighted by molar-refractivity contribution is 9.10. The Morgan fingerprint density at radius 1 is 1.14 bits per heavy atom. The number of furan rings is 1. The molecule has 5 nitrogen and oxygen atoms in total. The Morgan fingerprint density at radius 2 is 2.04 bits per heavy atom. The van der Waals surface area contributed by atoms with E-state index < -0.39 is 0 Å². The Labute approximate surface area is 179 Å². The molecule has 0 fully saturated rings. The van der Waals surface area contributed by atoms with Crippen molar-refractivity contribution in [1.82, 2.24) is 5.01 Å². The molecule has 2 aliphatic rings. The van der Waals surface area contributed by atoms with E-state index >= 15 is 0 Å². The first-order valence-corrected chi connectivity index (χ1v) is 10.4. The lowest BCUT2D eigenvalue weighted by atomic mass is 9.97. The average Bonchev–Trinajstić information content (AvgIpc) is 3.37. The zero-order chi connectivity index (χ0) is 19.3. The van der Waals surface area contributed by atoms with Gasteiger partial charge in [-0.25, -0.2) is 5.01 Å². The molecule has 0 spiro atoms. The molecule has 0 radical (unpaired) electrons. The van der Waals surface area contributed by atoms with Gasteiger partial charge in [0.05, 0.1) is 23.9 Å². The topological polar surface area (TPSA) is 47.2 Å². The lowest BCUT2D eigenvalue weighted by molar-refractivity contribution is -0.0191. The lowest BCUT2D eigenvalue weighted by Gasteiger charge is -2.38. The van der Waals surface area contributed by atoms with Crippen molar-refractivity contribution in [2.75, 3.05) is 7.11 Å². The SMILES string of the molecule is COc1ccc([C@@H]2Oc3ccc(Br)cc3[C@@H]3CC(c4ccco4)=NN32)cc1Br. The normalized spacial score (nSPS) is 20.2. The number of rotatable bonds is 3. The summed E-state index contributed by atoms with van der Waals surface area (Å²) in [6.07, 6.45) is 2.09. The van der Waals surface area contributed by atoms with Crippen LogP contribution >= 0.6 is 31.9 Å². The maximum absolute atomic E-state index is 6.39. The van der Waals surface area contributed by atoms with Gasteiger partial charge in [0.15, 0.2) is 0 Å². The molecule has 3 heterocycles. The standard InChI is InChI=1S/C21H16Br2N2O3/c1-26-19-6-4-12(9-15(19)23)21-25-17(11-16(24-25)20-3-2-8-27-20)14-10-13(22)5-7-18(14)28-21/h2-10,17,21H,11H2,1H3/t17-,21-/m0/s1. The predicted octanol–water partition coefficient (Wildman–Crippen LogP) is 6.06. The van der Waals surface area contributed by atoms with Gasteiger partial charge >= 0.3 is 0 Å². The van der Waals surface area contributed by atoms with Gasteiger partial charge in [0, 0.05) is 22.0 Å². The maximum atomic E-state index is 6.39. The van der Waals surface area contributed by atoms with Crippen molar-refractivity contribution in [3.05, 3.63) is 80.6 Å². The van der Waals surface area contributed by atoms with E-state index in [-0.39, 0.29) is 12.3 Å². The molecule has 3 aromatic rings. The Hall–Kier alpha value is -2.25. The highest BCUT2D eigenvalue weighted by Gasteiger charge is 2.41. The van der Waals surface area contributed by atoms with E-state index in [9.17, 15) is 0 Å². The molecule has 0 saturated carbocycles. The fourth-order valence-electron chi connectivity index (χ4n) is 3.71. The van der Waals surface area contributed by atoms with E-state index in [1.165, 1.54) is 0 Å². The number of hydrogen-bond donors (Lipinski definition) is 0. The summed E-state index contributed by atoms with van der Waals surface area (Å²) in [4.78, 5) is 0. The van der Waals surface area contributed by atoms with E-state index in [0.29, 0.717) is 0 Å². The third kappa shape index (κ3) is 2.93. The average molecular weight is 504 g/mol. The molecule has 0 aliphatic carbocycles. The summed E-state index contributed by atoms with van der Waals surface area (Å²) >= 11 is 7.15. The molecule has 28 heavy (non-hydrogen) atoms. The number of hydrogen-bond acceptors (Lipinski definition) is 5. The minimum atomic E-state index is -0.339. The van der Waals surface area contributed by atoms with E-state index in [0.717, 1.165) is 49.5 Å². The summed E-state index contributed by atoms with van der Waals surface area (Å²) in [6, 6.07) is 16.0. The Balaban J connectivity index is 1.60. The monoisotopic (exact) mass is 502 g/mol. The van der Waals surface area contributed by atoms with Gasteiger partial charge in [-0.2, -0.15) is 5.10 Å². The summed E-state index contributed by atoms with van der Waals surface area (Å²) in [5, 5.41) is 6.91. The van der Waals surface area contributed by atoms with Gasteiger partial charge in [-0.1, -0.05) is 15.9 Å². The fraction of sp³-hybridized carbons (Fsp3) is 0.190. The third-order valence-electron chi connectivity index (χ3n) is 5.02. The number of hydrazone groups is 1. The summed E-state index contributed by atoms with van der Waals surface area (Å²) in [5.41, 5.74) is 3.03. The number of halogens is 2. The third-order valence-corrected chi connectivity index (χ3v) is 6.13. The molecule has 0 amide bonds. The summed E-state index contributed by atoms with van der Waals surface area (Å²) in [7, 11) is 1.65. The van der Waals surface area contributed by atoms with Crippen LogP contribution in [0.1, 0.15) is 35.6 Å². The van der Waals surface area contributed by atoms with Crippen LogP contribution in [0.15, 0.2) is 73.3 Å². The zero-order valence-corrected chi connectivity index (χ0v) is 18.1. The molecule has 2 aromatic carbocycles. The quantitative estimate of drug-likeness (QED) is 0.436. The molecule has 0 bridgehead atoms. The van der Waals surface area contributed by atoms with Crippen LogP contribution in [-0.2, 0) is 0 Å². The molecule has 0 saturated heterocycles. The van der Waals surface area contributed by atoms with Gasteiger partial charge in [0.1, 0.15) is 23.0 Å². The molecular formula is C21H16Br2N2O3. The van der Waals surface area contributed by atoms with Crippen molar-refractivity contribution in [2.24, 2.45) is 5.10 Å². The first-order chi connectivity index (χ1) is 13.6. The van der Waals surface area contributed by atoms with Crippen LogP contribution in [0.3, 0.4) is 0 Å². The number of nitrogens with zero attached hydrogens (tertiary/aromatic N) is 2. The highest BCUT2D eigenvalue weighted by Crippen LogP contribution is 2.48. The van der Waals surface area contributed by atoms with E-state index in [2.05, 4.69) is 37.9 Å². The van der Waals surface area contributed by atoms with Crippen molar-refractivity contribution >= 4 is 37.6 Å². The van der Waals surface area contributed by atoms with Gasteiger partial charge in [-0.15, -0.1) is 0 Å². The van der Waals surface area contributed by atoms with Crippen LogP contribution in [0.5, 0.6) is 11.5 Å². The Bertz CT molecular complexity index is 1070. The maximum Gasteiger partial charge on any atom is 0.213 e. The van der Waals surface area contributed by atoms with Crippen molar-refractivity contribution < 1.29 is 13.9 Å². The molecule has 0 unspecified atom stereocenters. The van der Waals surface area contributed by atoms with Gasteiger partial charge in [0.2, 0.25) is 6.23 Å². The van der Waals surface area contributed by atoms with Crippen LogP contribution < -0.4 is 9.47 Å². The van der Waals surface area contributed by atoms with E-state index in [1.807, 2.05) is 47.5 Å². The molecule has 0 N–H and O–H groups in total. The first kappa shape index (κ1) is 17.8. The Kier molecular flexibility index (Phi) is 4.44. The van der Waals surface area contributed by atoms with Crippen molar-refractivity contribution in [2.45, 2.75) is 18.7 Å².